The van der Waals surface area contributed by atoms with Crippen LogP contribution in [0, 0.1) is 0 Å². The lowest BCUT2D eigenvalue weighted by Gasteiger charge is -2.18. The van der Waals surface area contributed by atoms with E-state index in [4.69, 9.17) is 14.2 Å². The van der Waals surface area contributed by atoms with Gasteiger partial charge < -0.3 is 29.4 Å². The largest absolute Gasteiger partial charge is 0.396 e. The summed E-state index contributed by atoms with van der Waals surface area (Å²) in [6.07, 6.45) is 26.9. The first-order valence-electron chi connectivity index (χ1n) is 17.5. The van der Waals surface area contributed by atoms with Gasteiger partial charge in [-0.15, -0.1) is 0 Å². The maximum absolute atomic E-state index is 13.1. The first-order valence-corrected chi connectivity index (χ1v) is 19.2. The Morgan fingerprint density at radius 2 is 1.23 bits per heavy atom. The fraction of sp³-hybridized carbons (Fsp3) is 0.818. The first-order chi connectivity index (χ1) is 21.5. The van der Waals surface area contributed by atoms with Crippen LogP contribution in [-0.4, -0.2) is 52.6 Å². The summed E-state index contributed by atoms with van der Waals surface area (Å²) in [5, 5.41) is 12.1. The van der Waals surface area contributed by atoms with Gasteiger partial charge in [0.25, 0.3) is 5.56 Å². The van der Waals surface area contributed by atoms with Crippen LogP contribution in [0.15, 0.2) is 15.8 Å². The van der Waals surface area contributed by atoms with Gasteiger partial charge >= 0.3 is 13.3 Å². The summed E-state index contributed by atoms with van der Waals surface area (Å²) in [7, 11) is -3.11. The fourth-order valence-electron chi connectivity index (χ4n) is 5.64. The third-order valence-corrected chi connectivity index (χ3v) is 10.3. The number of fused-ring (bicyclic) bond motifs is 1. The molecule has 0 aliphatic heterocycles. The van der Waals surface area contributed by atoms with Gasteiger partial charge in [0.2, 0.25) is 0 Å². The van der Waals surface area contributed by atoms with Crippen molar-refractivity contribution in [1.82, 2.24) is 20.3 Å². The number of H-pyrrole nitrogens is 3. The summed E-state index contributed by atoms with van der Waals surface area (Å²) in [4.78, 5) is 31.2. The Morgan fingerprint density at radius 3 is 1.75 bits per heavy atom. The van der Waals surface area contributed by atoms with Gasteiger partial charge in [-0.25, -0.2) is 4.79 Å². The number of unbranched alkanes of at least 4 members (excludes halogenated alkanes) is 18. The van der Waals surface area contributed by atoms with Crippen LogP contribution in [0.2, 0.25) is 0 Å². The van der Waals surface area contributed by atoms with E-state index in [1.807, 2.05) is 6.92 Å². The molecular weight excluding hydrogens is 579 g/mol. The highest BCUT2D eigenvalue weighted by atomic mass is 31.2. The van der Waals surface area contributed by atoms with Crippen LogP contribution >= 0.6 is 7.60 Å². The number of hydrogen-bond acceptors (Lipinski definition) is 7. The number of aliphatic hydroxyl groups excluding tert-OH is 1. The standard InChI is InChI=1S/C33H61N4O6P/c1-2-42-44(41,26-22-23-34-27-29-28-35-31-30(29)36-33(40)37-32(31)39)43-25-21-19-17-15-13-11-9-7-5-3-4-6-8-10-12-14-16-18-20-24-38/h28,34-35,38H,2-27H2,1H3,(H2,36,37,39,40). The Bertz CT molecular complexity index is 1150. The third-order valence-electron chi connectivity index (χ3n) is 8.17. The van der Waals surface area contributed by atoms with E-state index in [2.05, 4.69) is 20.3 Å². The smallest absolute Gasteiger partial charge is 0.330 e. The molecule has 0 saturated carbocycles. The molecule has 11 heteroatoms. The van der Waals surface area contributed by atoms with E-state index in [0.29, 0.717) is 56.5 Å². The van der Waals surface area contributed by atoms with Gasteiger partial charge in [-0.3, -0.25) is 14.3 Å². The molecule has 2 aromatic rings. The number of aromatic nitrogens is 3. The van der Waals surface area contributed by atoms with E-state index >= 15 is 0 Å². The average molecular weight is 641 g/mol. The lowest BCUT2D eigenvalue weighted by molar-refractivity contribution is 0.207. The zero-order chi connectivity index (χ0) is 31.7. The first kappa shape index (κ1) is 38.5. The van der Waals surface area contributed by atoms with Crippen molar-refractivity contribution in [3.05, 3.63) is 32.6 Å². The maximum Gasteiger partial charge on any atom is 0.330 e. The van der Waals surface area contributed by atoms with Gasteiger partial charge in [-0.1, -0.05) is 109 Å². The Labute approximate surface area is 264 Å². The van der Waals surface area contributed by atoms with E-state index < -0.39 is 18.8 Å². The average Bonchev–Trinajstić information content (AvgIpc) is 3.41. The second-order valence-electron chi connectivity index (χ2n) is 12.0. The van der Waals surface area contributed by atoms with Crippen molar-refractivity contribution < 1.29 is 18.7 Å². The highest BCUT2D eigenvalue weighted by Crippen LogP contribution is 2.48. The predicted molar refractivity (Wildman–Crippen MR) is 181 cm³/mol. The van der Waals surface area contributed by atoms with E-state index in [1.54, 1.807) is 6.20 Å². The van der Waals surface area contributed by atoms with Crippen molar-refractivity contribution >= 4 is 18.6 Å². The molecule has 0 spiro atoms. The van der Waals surface area contributed by atoms with Crippen LogP contribution in [0.5, 0.6) is 0 Å². The van der Waals surface area contributed by atoms with Crippen molar-refractivity contribution in [3.63, 3.8) is 0 Å². The molecule has 0 bridgehead atoms. The summed E-state index contributed by atoms with van der Waals surface area (Å²) >= 11 is 0. The SMILES string of the molecule is CCOP(=O)(CCCNCc1c[nH]c2c(=O)[nH]c(=O)[nH]c12)OCCCCCCCCCCCCCCCCCCCCCO. The molecule has 0 radical (unpaired) electrons. The Balaban J connectivity index is 1.40. The monoisotopic (exact) mass is 640 g/mol. The quantitative estimate of drug-likeness (QED) is 0.0434. The minimum Gasteiger partial charge on any atom is -0.396 e. The number of hydrogen-bond donors (Lipinski definition) is 5. The van der Waals surface area contributed by atoms with Crippen LogP contribution in [0.1, 0.15) is 141 Å². The molecule has 0 fully saturated rings. The van der Waals surface area contributed by atoms with Crippen LogP contribution in [0.3, 0.4) is 0 Å². The van der Waals surface area contributed by atoms with Crippen LogP contribution in [0.25, 0.3) is 11.0 Å². The lowest BCUT2D eigenvalue weighted by Crippen LogP contribution is -2.22. The normalized spacial score (nSPS) is 13.1. The highest BCUT2D eigenvalue weighted by Gasteiger charge is 2.23. The van der Waals surface area contributed by atoms with E-state index in [-0.39, 0.29) is 0 Å². The van der Waals surface area contributed by atoms with Crippen LogP contribution in [-0.2, 0) is 20.2 Å². The topological polar surface area (TPSA) is 149 Å². The van der Waals surface area contributed by atoms with Gasteiger partial charge in [0.15, 0.2) is 0 Å². The molecule has 5 N–H and O–H groups in total. The Kier molecular flexibility index (Phi) is 21.4. The fourth-order valence-corrected chi connectivity index (χ4v) is 7.32. The molecular formula is C33H61N4O6P. The zero-order valence-electron chi connectivity index (χ0n) is 27.4. The van der Waals surface area contributed by atoms with Gasteiger partial charge in [0.05, 0.1) is 24.9 Å². The van der Waals surface area contributed by atoms with Gasteiger partial charge in [0, 0.05) is 24.9 Å². The molecule has 254 valence electrons. The van der Waals surface area contributed by atoms with E-state index in [0.717, 1.165) is 24.8 Å². The van der Waals surface area contributed by atoms with Crippen molar-refractivity contribution in [2.45, 2.75) is 142 Å². The second-order valence-corrected chi connectivity index (χ2v) is 14.2. The molecule has 0 aliphatic rings. The molecule has 1 unspecified atom stereocenters. The number of nitrogens with one attached hydrogen (secondary N) is 4. The molecule has 44 heavy (non-hydrogen) atoms. The van der Waals surface area contributed by atoms with E-state index in [9.17, 15) is 14.2 Å². The third kappa shape index (κ3) is 17.1. The molecule has 10 nitrogen and oxygen atoms in total. The molecule has 0 aromatic carbocycles. The molecule has 2 heterocycles. The van der Waals surface area contributed by atoms with Gasteiger partial charge in [-0.05, 0) is 32.7 Å². The number of aliphatic hydroxyl groups is 1. The summed E-state index contributed by atoms with van der Waals surface area (Å²) in [6.45, 7) is 4.07. The molecule has 1 atom stereocenters. The van der Waals surface area contributed by atoms with Crippen LogP contribution < -0.4 is 16.6 Å². The second kappa shape index (κ2) is 24.5. The highest BCUT2D eigenvalue weighted by molar-refractivity contribution is 7.53. The maximum atomic E-state index is 13.1. The summed E-state index contributed by atoms with van der Waals surface area (Å²) in [5.74, 6) is 0. The molecule has 2 aromatic heterocycles. The van der Waals surface area contributed by atoms with Gasteiger partial charge in [-0.2, -0.15) is 0 Å². The van der Waals surface area contributed by atoms with Crippen molar-refractivity contribution in [1.29, 1.82) is 0 Å². The van der Waals surface area contributed by atoms with Crippen LogP contribution in [0.4, 0.5) is 0 Å². The Hall–Kier alpha value is -1.71. The molecule has 2 rings (SSSR count). The van der Waals surface area contributed by atoms with E-state index in [1.165, 1.54) is 103 Å². The van der Waals surface area contributed by atoms with Crippen molar-refractivity contribution in [3.8, 4) is 0 Å². The van der Waals surface area contributed by atoms with Crippen molar-refractivity contribution in [2.24, 2.45) is 0 Å². The predicted octanol–water partition coefficient (Wildman–Crippen LogP) is 7.67. The summed E-state index contributed by atoms with van der Waals surface area (Å²) in [5.41, 5.74) is 0.661. The lowest BCUT2D eigenvalue weighted by atomic mass is 10.0. The molecule has 0 amide bonds. The van der Waals surface area contributed by atoms with Gasteiger partial charge in [0.1, 0.15) is 5.52 Å². The minimum atomic E-state index is -3.11. The number of aromatic amines is 3. The molecule has 0 saturated heterocycles. The molecule has 0 aliphatic carbocycles. The zero-order valence-corrected chi connectivity index (χ0v) is 28.3. The van der Waals surface area contributed by atoms with Crippen molar-refractivity contribution in [2.75, 3.05) is 32.5 Å². The number of rotatable bonds is 30. The summed E-state index contributed by atoms with van der Waals surface area (Å²) in [6, 6.07) is 0. The minimum absolute atomic E-state index is 0.343. The Morgan fingerprint density at radius 1 is 0.705 bits per heavy atom. The summed E-state index contributed by atoms with van der Waals surface area (Å²) < 4.78 is 24.4.